The smallest absolute Gasteiger partial charge is 0.272 e. The van der Waals surface area contributed by atoms with Gasteiger partial charge in [0.2, 0.25) is 0 Å². The molecular formula is C19H26Cl2N4O. The van der Waals surface area contributed by atoms with Gasteiger partial charge in [-0.05, 0) is 30.4 Å². The third-order valence-corrected chi connectivity index (χ3v) is 5.07. The maximum atomic E-state index is 13.0. The lowest BCUT2D eigenvalue weighted by molar-refractivity contribution is 0.0628. The normalized spacial score (nSPS) is 19.4. The van der Waals surface area contributed by atoms with E-state index in [1.165, 1.54) is 24.0 Å². The number of carbonyl (C=O) groups is 1. The second-order valence-corrected chi connectivity index (χ2v) is 6.77. The van der Waals surface area contributed by atoms with E-state index in [2.05, 4.69) is 46.5 Å². The molecule has 1 saturated carbocycles. The summed E-state index contributed by atoms with van der Waals surface area (Å²) in [5, 5.41) is 3.41. The van der Waals surface area contributed by atoms with Crippen LogP contribution in [-0.2, 0) is 6.42 Å². The van der Waals surface area contributed by atoms with Crippen molar-refractivity contribution in [2.24, 2.45) is 0 Å². The van der Waals surface area contributed by atoms with Crippen LogP contribution in [-0.4, -0.2) is 40.4 Å². The number of benzene rings is 1. The van der Waals surface area contributed by atoms with Crippen molar-refractivity contribution in [2.75, 3.05) is 19.6 Å². The van der Waals surface area contributed by atoms with Crippen molar-refractivity contribution in [2.45, 2.75) is 38.1 Å². The number of rotatable bonds is 4. The quantitative estimate of drug-likeness (QED) is 0.831. The fraction of sp³-hybridized carbons (Fsp3) is 0.474. The molecule has 5 nitrogen and oxygen atoms in total. The fourth-order valence-electron chi connectivity index (χ4n) is 3.38. The Labute approximate surface area is 166 Å². The predicted molar refractivity (Wildman–Crippen MR) is 108 cm³/mol. The lowest BCUT2D eigenvalue weighted by Crippen LogP contribution is -2.48. The molecule has 1 unspecified atom stereocenters. The van der Waals surface area contributed by atoms with Gasteiger partial charge in [-0.3, -0.25) is 4.79 Å². The Balaban J connectivity index is 0.00000121. The summed E-state index contributed by atoms with van der Waals surface area (Å²) in [5.41, 5.74) is 3.13. The summed E-state index contributed by atoms with van der Waals surface area (Å²) in [6, 6.07) is 8.70. The highest BCUT2D eigenvalue weighted by Crippen LogP contribution is 2.38. The van der Waals surface area contributed by atoms with Crippen LogP contribution in [0.5, 0.6) is 0 Å². The van der Waals surface area contributed by atoms with Gasteiger partial charge in [-0.2, -0.15) is 0 Å². The van der Waals surface area contributed by atoms with Gasteiger partial charge in [0, 0.05) is 25.6 Å². The molecule has 1 aliphatic carbocycles. The number of halogens is 2. The monoisotopic (exact) mass is 396 g/mol. The Morgan fingerprint density at radius 3 is 2.62 bits per heavy atom. The number of carbonyl (C=O) groups excluding carboxylic acids is 1. The van der Waals surface area contributed by atoms with Gasteiger partial charge < -0.3 is 15.2 Å². The van der Waals surface area contributed by atoms with Crippen LogP contribution in [0.3, 0.4) is 0 Å². The van der Waals surface area contributed by atoms with E-state index < -0.39 is 0 Å². The average molecular weight is 397 g/mol. The van der Waals surface area contributed by atoms with Crippen molar-refractivity contribution < 1.29 is 4.79 Å². The standard InChI is InChI=1S/C19H24N4O.2ClH/c1-2-13-3-5-14(6-4-13)17-12-20-9-10-23(17)19(24)16-11-21-18(22-16)15-7-8-15;;/h3-6,11,15,17,20H,2,7-10,12H2,1H3,(H,21,22);2*1H. The van der Waals surface area contributed by atoms with E-state index in [9.17, 15) is 4.79 Å². The molecule has 2 heterocycles. The first-order valence-electron chi connectivity index (χ1n) is 8.91. The molecule has 1 aromatic carbocycles. The SMILES string of the molecule is CCc1ccc(C2CNCCN2C(=O)c2cnc(C3CC3)[nH]2)cc1.Cl.Cl. The third-order valence-electron chi connectivity index (χ3n) is 5.07. The lowest BCUT2D eigenvalue weighted by Gasteiger charge is -2.36. The summed E-state index contributed by atoms with van der Waals surface area (Å²) in [6.07, 6.45) is 5.10. The number of nitrogens with one attached hydrogen (secondary N) is 2. The van der Waals surface area contributed by atoms with E-state index in [-0.39, 0.29) is 36.8 Å². The molecule has 0 bridgehead atoms. The first kappa shape index (κ1) is 20.7. The number of hydrogen-bond donors (Lipinski definition) is 2. The molecule has 0 spiro atoms. The van der Waals surface area contributed by atoms with Crippen molar-refractivity contribution in [3.8, 4) is 0 Å². The molecule has 1 atom stereocenters. The van der Waals surface area contributed by atoms with Gasteiger partial charge in [-0.25, -0.2) is 4.98 Å². The van der Waals surface area contributed by atoms with E-state index in [0.717, 1.165) is 31.9 Å². The van der Waals surface area contributed by atoms with Crippen LogP contribution in [0, 0.1) is 0 Å². The van der Waals surface area contributed by atoms with E-state index in [4.69, 9.17) is 0 Å². The van der Waals surface area contributed by atoms with Crippen LogP contribution < -0.4 is 5.32 Å². The van der Waals surface area contributed by atoms with E-state index >= 15 is 0 Å². The van der Waals surface area contributed by atoms with Crippen molar-refractivity contribution >= 4 is 30.7 Å². The molecule has 4 rings (SSSR count). The van der Waals surface area contributed by atoms with E-state index in [0.29, 0.717) is 11.6 Å². The number of amides is 1. The molecule has 0 radical (unpaired) electrons. The second kappa shape index (κ2) is 8.89. The maximum Gasteiger partial charge on any atom is 0.272 e. The van der Waals surface area contributed by atoms with Crippen molar-refractivity contribution in [3.05, 3.63) is 53.1 Å². The number of aromatic amines is 1. The second-order valence-electron chi connectivity index (χ2n) is 6.77. The van der Waals surface area contributed by atoms with Crippen LogP contribution in [0.25, 0.3) is 0 Å². The van der Waals surface area contributed by atoms with Crippen LogP contribution in [0.15, 0.2) is 30.5 Å². The third kappa shape index (κ3) is 4.22. The first-order chi connectivity index (χ1) is 11.8. The molecule has 2 aromatic rings. The fourth-order valence-corrected chi connectivity index (χ4v) is 3.38. The van der Waals surface area contributed by atoms with Crippen LogP contribution >= 0.6 is 24.8 Å². The van der Waals surface area contributed by atoms with Gasteiger partial charge in [0.25, 0.3) is 5.91 Å². The minimum Gasteiger partial charge on any atom is -0.338 e. The van der Waals surface area contributed by atoms with E-state index in [1.807, 2.05) is 4.90 Å². The molecule has 1 aromatic heterocycles. The number of hydrogen-bond acceptors (Lipinski definition) is 3. The summed E-state index contributed by atoms with van der Waals surface area (Å²) in [6.45, 7) is 4.50. The molecule has 1 aliphatic heterocycles. The Morgan fingerprint density at radius 2 is 1.96 bits per heavy atom. The summed E-state index contributed by atoms with van der Waals surface area (Å²) >= 11 is 0. The van der Waals surface area contributed by atoms with Crippen molar-refractivity contribution in [1.29, 1.82) is 0 Å². The number of imidazole rings is 1. The van der Waals surface area contributed by atoms with Crippen molar-refractivity contribution in [1.82, 2.24) is 20.2 Å². The minimum absolute atomic E-state index is 0. The van der Waals surface area contributed by atoms with Gasteiger partial charge in [0.15, 0.2) is 0 Å². The summed E-state index contributed by atoms with van der Waals surface area (Å²) in [7, 11) is 0. The number of piperazine rings is 1. The van der Waals surface area contributed by atoms with Gasteiger partial charge in [-0.15, -0.1) is 24.8 Å². The summed E-state index contributed by atoms with van der Waals surface area (Å²) in [4.78, 5) is 22.6. The molecule has 26 heavy (non-hydrogen) atoms. The Kier molecular flexibility index (Phi) is 7.09. The zero-order valence-electron chi connectivity index (χ0n) is 14.9. The van der Waals surface area contributed by atoms with E-state index in [1.54, 1.807) is 6.20 Å². The zero-order valence-corrected chi connectivity index (χ0v) is 16.5. The lowest BCUT2D eigenvalue weighted by atomic mass is 10.0. The zero-order chi connectivity index (χ0) is 16.5. The first-order valence-corrected chi connectivity index (χ1v) is 8.91. The molecule has 1 saturated heterocycles. The Morgan fingerprint density at radius 1 is 1.23 bits per heavy atom. The van der Waals surface area contributed by atoms with Gasteiger partial charge in [-0.1, -0.05) is 31.2 Å². The molecule has 142 valence electrons. The summed E-state index contributed by atoms with van der Waals surface area (Å²) < 4.78 is 0. The van der Waals surface area contributed by atoms with Gasteiger partial charge in [0.05, 0.1) is 12.2 Å². The number of aryl methyl sites for hydroxylation is 1. The molecule has 1 amide bonds. The molecule has 2 aliphatic rings. The Hall–Kier alpha value is -1.56. The highest BCUT2D eigenvalue weighted by Gasteiger charge is 2.31. The van der Waals surface area contributed by atoms with Gasteiger partial charge in [0.1, 0.15) is 11.5 Å². The number of nitrogens with zero attached hydrogens (tertiary/aromatic N) is 2. The van der Waals surface area contributed by atoms with Crippen molar-refractivity contribution in [3.63, 3.8) is 0 Å². The largest absolute Gasteiger partial charge is 0.338 e. The molecule has 2 fully saturated rings. The van der Waals surface area contributed by atoms with Crippen LogP contribution in [0.4, 0.5) is 0 Å². The van der Waals surface area contributed by atoms with Gasteiger partial charge >= 0.3 is 0 Å². The average Bonchev–Trinajstić information content (AvgIpc) is 3.38. The topological polar surface area (TPSA) is 61.0 Å². The molecule has 7 heteroatoms. The predicted octanol–water partition coefficient (Wildman–Crippen LogP) is 3.48. The number of aromatic nitrogens is 2. The number of H-pyrrole nitrogens is 1. The summed E-state index contributed by atoms with van der Waals surface area (Å²) in [5.74, 6) is 1.56. The highest BCUT2D eigenvalue weighted by atomic mass is 35.5. The van der Waals surface area contributed by atoms with Crippen LogP contribution in [0.2, 0.25) is 0 Å². The van der Waals surface area contributed by atoms with Crippen LogP contribution in [0.1, 0.15) is 59.2 Å². The molecule has 2 N–H and O–H groups in total. The molecular weight excluding hydrogens is 371 g/mol. The maximum absolute atomic E-state index is 13.0. The Bertz CT molecular complexity index is 727. The minimum atomic E-state index is 0. The highest BCUT2D eigenvalue weighted by molar-refractivity contribution is 5.92.